The molecule has 1 nitrogen and oxygen atoms in total. The largest absolute Gasteiger partial charge is 0.310 e. The zero-order chi connectivity index (χ0) is 39.1. The first-order valence-corrected chi connectivity index (χ1v) is 19.2. The van der Waals surface area contributed by atoms with E-state index in [4.69, 9.17) is 0 Å². The van der Waals surface area contributed by atoms with Gasteiger partial charge in [-0.2, -0.15) is 0 Å². The van der Waals surface area contributed by atoms with Crippen molar-refractivity contribution < 1.29 is 0 Å². The van der Waals surface area contributed by atoms with Crippen molar-refractivity contribution in [1.82, 2.24) is 0 Å². The van der Waals surface area contributed by atoms with Crippen LogP contribution in [0.4, 0.5) is 17.1 Å². The molecule has 0 aliphatic carbocycles. The fraction of sp³-hybridized carbons (Fsp3) is 0. The van der Waals surface area contributed by atoms with Gasteiger partial charge in [0.15, 0.2) is 0 Å². The number of rotatable bonds is 12. The molecule has 0 aromatic heterocycles. The molecule has 0 bridgehead atoms. The Labute approximate surface area is 336 Å². The van der Waals surface area contributed by atoms with Crippen LogP contribution in [0.2, 0.25) is 0 Å². The van der Waals surface area contributed by atoms with Crippen LogP contribution in [0.3, 0.4) is 0 Å². The third kappa shape index (κ3) is 7.48. The molecule has 8 aromatic carbocycles. The van der Waals surface area contributed by atoms with Crippen molar-refractivity contribution >= 4 is 44.2 Å². The molecule has 0 amide bonds. The van der Waals surface area contributed by atoms with E-state index in [9.17, 15) is 0 Å². The summed E-state index contributed by atoms with van der Waals surface area (Å²) in [5.41, 5.74) is 13.7. The van der Waals surface area contributed by atoms with E-state index in [1.165, 1.54) is 43.8 Å². The second-order valence-corrected chi connectivity index (χ2v) is 14.0. The molecule has 0 radical (unpaired) electrons. The number of fused-ring (bicyclic) bond motifs is 2. The van der Waals surface area contributed by atoms with E-state index >= 15 is 0 Å². The third-order valence-corrected chi connectivity index (χ3v) is 10.5. The highest BCUT2D eigenvalue weighted by molar-refractivity contribution is 5.99. The molecule has 0 saturated carbocycles. The van der Waals surface area contributed by atoms with Gasteiger partial charge < -0.3 is 4.90 Å². The van der Waals surface area contributed by atoms with Crippen molar-refractivity contribution in [2.75, 3.05) is 4.90 Å². The molecule has 8 rings (SSSR count). The van der Waals surface area contributed by atoms with Crippen molar-refractivity contribution in [2.45, 2.75) is 0 Å². The molecule has 57 heavy (non-hydrogen) atoms. The maximum absolute atomic E-state index is 4.48. The lowest BCUT2D eigenvalue weighted by molar-refractivity contribution is 1.28. The Kier molecular flexibility index (Phi) is 10.6. The molecule has 0 saturated heterocycles. The fourth-order valence-corrected chi connectivity index (χ4v) is 7.67. The Morgan fingerprint density at radius 2 is 0.930 bits per heavy atom. The van der Waals surface area contributed by atoms with Crippen molar-refractivity contribution in [2.24, 2.45) is 0 Å². The van der Waals surface area contributed by atoms with Crippen LogP contribution in [0.15, 0.2) is 250 Å². The van der Waals surface area contributed by atoms with Crippen molar-refractivity contribution in [3.8, 4) is 33.4 Å². The van der Waals surface area contributed by atoms with Crippen molar-refractivity contribution in [3.63, 3.8) is 0 Å². The Morgan fingerprint density at radius 3 is 1.47 bits per heavy atom. The van der Waals surface area contributed by atoms with E-state index in [1.807, 2.05) is 24.3 Å². The average molecular weight is 730 g/mol. The van der Waals surface area contributed by atoms with E-state index in [2.05, 4.69) is 213 Å². The average Bonchev–Trinajstić information content (AvgIpc) is 3.27. The zero-order valence-corrected chi connectivity index (χ0v) is 32.0. The first kappa shape index (κ1) is 36.5. The van der Waals surface area contributed by atoms with Gasteiger partial charge in [0.25, 0.3) is 0 Å². The van der Waals surface area contributed by atoms with Gasteiger partial charge in [0.2, 0.25) is 0 Å². The number of nitrogens with zero attached hydrogens (tertiary/aromatic N) is 1. The molecule has 0 heterocycles. The molecule has 1 heteroatoms. The number of hydrogen-bond acceptors (Lipinski definition) is 1. The van der Waals surface area contributed by atoms with Gasteiger partial charge in [0, 0.05) is 17.1 Å². The maximum Gasteiger partial charge on any atom is 0.0468 e. The van der Waals surface area contributed by atoms with Gasteiger partial charge in [-0.3, -0.25) is 0 Å². The van der Waals surface area contributed by atoms with Gasteiger partial charge in [-0.1, -0.05) is 202 Å². The minimum Gasteiger partial charge on any atom is -0.310 e. The molecule has 8 aromatic rings. The lowest BCUT2D eigenvalue weighted by Crippen LogP contribution is -2.10. The summed E-state index contributed by atoms with van der Waals surface area (Å²) in [7, 11) is 0. The summed E-state index contributed by atoms with van der Waals surface area (Å²) < 4.78 is 0. The number of benzene rings is 8. The first-order valence-electron chi connectivity index (χ1n) is 19.2. The van der Waals surface area contributed by atoms with E-state index in [0.717, 1.165) is 50.5 Å². The van der Waals surface area contributed by atoms with Gasteiger partial charge in [-0.25, -0.2) is 0 Å². The monoisotopic (exact) mass is 729 g/mol. The van der Waals surface area contributed by atoms with E-state index in [-0.39, 0.29) is 0 Å². The molecule has 0 fully saturated rings. The highest BCUT2D eigenvalue weighted by Gasteiger charge is 2.19. The number of allylic oxidation sites excluding steroid dienone is 8. The van der Waals surface area contributed by atoms with Crippen LogP contribution in [0, 0.1) is 0 Å². The summed E-state index contributed by atoms with van der Waals surface area (Å²) in [6, 6.07) is 65.2. The predicted molar refractivity (Wildman–Crippen MR) is 248 cm³/mol. The minimum atomic E-state index is 0.810. The van der Waals surface area contributed by atoms with Gasteiger partial charge in [-0.05, 0) is 114 Å². The number of hydrogen-bond donors (Lipinski definition) is 0. The highest BCUT2D eigenvalue weighted by Crippen LogP contribution is 2.43. The van der Waals surface area contributed by atoms with E-state index in [1.54, 1.807) is 6.08 Å². The van der Waals surface area contributed by atoms with Crippen LogP contribution in [0.25, 0.3) is 60.5 Å². The molecular weight excluding hydrogens is 687 g/mol. The lowest BCUT2D eigenvalue weighted by Gasteiger charge is -2.28. The summed E-state index contributed by atoms with van der Waals surface area (Å²) in [4.78, 5) is 2.34. The number of anilines is 3. The molecule has 0 atom stereocenters. The molecule has 0 spiro atoms. The maximum atomic E-state index is 4.48. The summed E-state index contributed by atoms with van der Waals surface area (Å²) in [5, 5.41) is 4.94. The Bertz CT molecular complexity index is 2700. The summed E-state index contributed by atoms with van der Waals surface area (Å²) >= 11 is 0. The standard InChI is InChI=1S/C56H43N/c1-5-7-18-40(3)41(4)50(17-6-2)55-38-37-49(39-56(55)44-19-9-8-10-20-44)57(47-33-29-45(30-34-47)53-27-15-23-42-21-11-13-25-51(42)53)48-35-31-46(32-36-48)54-28-16-24-43-22-12-14-26-52(43)54/h5-39H,1-4H2/b18-7-,50-17+. The third-order valence-electron chi connectivity index (χ3n) is 10.5. The van der Waals surface area contributed by atoms with Gasteiger partial charge in [0.05, 0.1) is 0 Å². The van der Waals surface area contributed by atoms with Crippen LogP contribution >= 0.6 is 0 Å². The lowest BCUT2D eigenvalue weighted by atomic mass is 9.87. The molecule has 272 valence electrons. The van der Waals surface area contributed by atoms with Crippen LogP contribution in [-0.4, -0.2) is 0 Å². The molecule has 0 unspecified atom stereocenters. The minimum absolute atomic E-state index is 0.810. The van der Waals surface area contributed by atoms with Crippen LogP contribution in [0.5, 0.6) is 0 Å². The smallest absolute Gasteiger partial charge is 0.0468 e. The van der Waals surface area contributed by atoms with Gasteiger partial charge in [0.1, 0.15) is 0 Å². The zero-order valence-electron chi connectivity index (χ0n) is 32.0. The second kappa shape index (κ2) is 16.5. The Balaban J connectivity index is 1.28. The van der Waals surface area contributed by atoms with E-state index < -0.39 is 0 Å². The van der Waals surface area contributed by atoms with E-state index in [0.29, 0.717) is 0 Å². The highest BCUT2D eigenvalue weighted by atomic mass is 15.1. The van der Waals surface area contributed by atoms with Crippen LogP contribution < -0.4 is 4.90 Å². The van der Waals surface area contributed by atoms with Crippen molar-refractivity contribution in [3.05, 3.63) is 255 Å². The van der Waals surface area contributed by atoms with Crippen LogP contribution in [0.1, 0.15) is 5.56 Å². The fourth-order valence-electron chi connectivity index (χ4n) is 7.67. The molecular formula is C56H43N. The Morgan fingerprint density at radius 1 is 0.439 bits per heavy atom. The normalized spacial score (nSPS) is 11.5. The molecule has 0 N–H and O–H groups in total. The summed E-state index contributed by atoms with van der Waals surface area (Å²) in [6.07, 6.45) is 9.41. The van der Waals surface area contributed by atoms with Crippen molar-refractivity contribution in [1.29, 1.82) is 0 Å². The van der Waals surface area contributed by atoms with Gasteiger partial charge >= 0.3 is 0 Å². The second-order valence-electron chi connectivity index (χ2n) is 14.0. The predicted octanol–water partition coefficient (Wildman–Crippen LogP) is 15.9. The quantitative estimate of drug-likeness (QED) is 0.113. The SMILES string of the molecule is C=C/C=C\C(=C)C(=C)/C(=C\C=C)c1ccc(N(c2ccc(-c3cccc4ccccc34)cc2)c2ccc(-c3cccc4ccccc34)cc2)cc1-c1ccccc1. The Hall–Kier alpha value is -7.48. The van der Waals surface area contributed by atoms with Crippen LogP contribution in [-0.2, 0) is 0 Å². The summed E-state index contributed by atoms with van der Waals surface area (Å²) in [5.74, 6) is 0. The van der Waals surface area contributed by atoms with Gasteiger partial charge in [-0.15, -0.1) is 0 Å². The molecule has 0 aliphatic heterocycles. The summed E-state index contributed by atoms with van der Waals surface area (Å²) in [6.45, 7) is 16.7. The molecule has 0 aliphatic rings. The topological polar surface area (TPSA) is 3.24 Å². The first-order chi connectivity index (χ1) is 28.0.